The third kappa shape index (κ3) is 2.98. The van der Waals surface area contributed by atoms with Gasteiger partial charge < -0.3 is 10.2 Å². The Kier molecular flexibility index (Phi) is 4.26. The van der Waals surface area contributed by atoms with Crippen LogP contribution in [0.25, 0.3) is 0 Å². The molecule has 2 N–H and O–H groups in total. The largest absolute Gasteiger partial charge is 0.493 e. The lowest BCUT2D eigenvalue weighted by Gasteiger charge is -2.26. The molecule has 1 unspecified atom stereocenters. The lowest BCUT2D eigenvalue weighted by atomic mass is 9.82. The number of Topliss-reactive ketones (excluding diaryl/α,β-unsaturated/α-hetero) is 1. The quantitative estimate of drug-likeness (QED) is 0.902. The molecule has 1 aromatic heterocycles. The zero-order valence-corrected chi connectivity index (χ0v) is 14.0. The minimum Gasteiger partial charge on any atom is -0.493 e. The lowest BCUT2D eigenvalue weighted by Crippen LogP contribution is -2.23. The Bertz CT molecular complexity index is 733. The van der Waals surface area contributed by atoms with Crippen LogP contribution in [0.3, 0.4) is 0 Å². The summed E-state index contributed by atoms with van der Waals surface area (Å²) in [4.78, 5) is 20.2. The first-order valence-corrected chi connectivity index (χ1v) is 8.27. The maximum Gasteiger partial charge on any atom is 0.221 e. The van der Waals surface area contributed by atoms with Crippen molar-refractivity contribution in [3.8, 4) is 11.8 Å². The van der Waals surface area contributed by atoms with Crippen LogP contribution in [0.5, 0.6) is 11.8 Å². The molecule has 1 aromatic carbocycles. The van der Waals surface area contributed by atoms with Crippen molar-refractivity contribution < 1.29 is 15.0 Å². The highest BCUT2D eigenvalue weighted by Gasteiger charge is 2.32. The van der Waals surface area contributed by atoms with Gasteiger partial charge in [-0.05, 0) is 32.3 Å². The summed E-state index contributed by atoms with van der Waals surface area (Å²) in [5.41, 5.74) is 0.733. The van der Waals surface area contributed by atoms with Gasteiger partial charge in [0.25, 0.3) is 0 Å². The Hall–Kier alpha value is -2.43. The van der Waals surface area contributed by atoms with Crippen molar-refractivity contribution in [2.45, 2.75) is 50.9 Å². The lowest BCUT2D eigenvalue weighted by molar-refractivity contribution is -0.120. The van der Waals surface area contributed by atoms with Crippen molar-refractivity contribution in [1.29, 1.82) is 0 Å². The summed E-state index contributed by atoms with van der Waals surface area (Å²) in [5.74, 6) is -0.143. The van der Waals surface area contributed by atoms with Gasteiger partial charge in [0, 0.05) is 24.2 Å². The highest BCUT2D eigenvalue weighted by atomic mass is 16.3. The molecule has 1 fully saturated rings. The first-order chi connectivity index (χ1) is 11.4. The van der Waals surface area contributed by atoms with Crippen molar-refractivity contribution in [3.63, 3.8) is 0 Å². The van der Waals surface area contributed by atoms with Gasteiger partial charge in [-0.25, -0.2) is 0 Å². The van der Waals surface area contributed by atoms with Gasteiger partial charge in [0.15, 0.2) is 0 Å². The van der Waals surface area contributed by atoms with E-state index in [9.17, 15) is 15.0 Å². The summed E-state index contributed by atoms with van der Waals surface area (Å²) in [6.07, 6.45) is 2.40. The van der Waals surface area contributed by atoms with Gasteiger partial charge in [-0.1, -0.05) is 30.3 Å². The van der Waals surface area contributed by atoms with Crippen molar-refractivity contribution in [2.75, 3.05) is 0 Å². The number of carbonyl (C=O) groups is 1. The Morgan fingerprint density at radius 2 is 1.71 bits per heavy atom. The normalized spacial score (nSPS) is 18.6. The van der Waals surface area contributed by atoms with Crippen LogP contribution in [0.1, 0.15) is 62.4 Å². The molecule has 0 spiro atoms. The molecule has 1 aliphatic rings. The highest BCUT2D eigenvalue weighted by Crippen LogP contribution is 2.41. The summed E-state index contributed by atoms with van der Waals surface area (Å²) in [7, 11) is 0. The second kappa shape index (κ2) is 6.23. The number of benzene rings is 1. The summed E-state index contributed by atoms with van der Waals surface area (Å²) in [5, 5.41) is 20.8. The molecule has 24 heavy (non-hydrogen) atoms. The van der Waals surface area contributed by atoms with E-state index in [1.54, 1.807) is 0 Å². The van der Waals surface area contributed by atoms with E-state index < -0.39 is 5.41 Å². The fourth-order valence-corrected chi connectivity index (χ4v) is 3.35. The molecular formula is C19H22N2O3. The molecule has 0 saturated heterocycles. The maximum atomic E-state index is 11.7. The van der Waals surface area contributed by atoms with Gasteiger partial charge in [-0.15, -0.1) is 0 Å². The Morgan fingerprint density at radius 1 is 1.08 bits per heavy atom. The molecule has 0 radical (unpaired) electrons. The Labute approximate surface area is 141 Å². The predicted octanol–water partition coefficient (Wildman–Crippen LogP) is 3.44. The van der Waals surface area contributed by atoms with E-state index in [0.717, 1.165) is 18.4 Å². The van der Waals surface area contributed by atoms with Gasteiger partial charge in [0.2, 0.25) is 11.8 Å². The molecule has 126 valence electrons. The molecule has 0 amide bonds. The fraction of sp³-hybridized carbons (Fsp3) is 0.421. The molecule has 2 aromatic rings. The Balaban J connectivity index is 1.99. The van der Waals surface area contributed by atoms with E-state index in [1.807, 2.05) is 44.2 Å². The number of rotatable bonds is 3. The van der Waals surface area contributed by atoms with Gasteiger partial charge >= 0.3 is 0 Å². The number of aromatic hydroxyl groups is 2. The molecular weight excluding hydrogens is 304 g/mol. The smallest absolute Gasteiger partial charge is 0.221 e. The maximum absolute atomic E-state index is 11.7. The number of hydrogen-bond acceptors (Lipinski definition) is 5. The number of hydrogen-bond donors (Lipinski definition) is 2. The van der Waals surface area contributed by atoms with Crippen LogP contribution >= 0.6 is 0 Å². The summed E-state index contributed by atoms with van der Waals surface area (Å²) < 4.78 is 0. The second-order valence-corrected chi connectivity index (χ2v) is 6.93. The first kappa shape index (κ1) is 16.4. The van der Waals surface area contributed by atoms with E-state index in [0.29, 0.717) is 24.2 Å². The van der Waals surface area contributed by atoms with Gasteiger partial charge in [-0.2, -0.15) is 9.97 Å². The van der Waals surface area contributed by atoms with Crippen LogP contribution in [0.2, 0.25) is 0 Å². The third-order valence-corrected chi connectivity index (χ3v) is 4.85. The zero-order chi connectivity index (χ0) is 17.3. The van der Waals surface area contributed by atoms with Crippen LogP contribution in [0, 0.1) is 0 Å². The van der Waals surface area contributed by atoms with Crippen LogP contribution in [-0.2, 0) is 10.2 Å². The number of carbonyl (C=O) groups excluding carboxylic acids is 1. The molecule has 1 heterocycles. The molecule has 0 aliphatic heterocycles. The van der Waals surface area contributed by atoms with Gasteiger partial charge in [-0.3, -0.25) is 4.79 Å². The van der Waals surface area contributed by atoms with Crippen molar-refractivity contribution in [3.05, 3.63) is 47.3 Å². The fourth-order valence-electron chi connectivity index (χ4n) is 3.35. The minimum absolute atomic E-state index is 0.152. The van der Waals surface area contributed by atoms with E-state index in [-0.39, 0.29) is 23.5 Å². The van der Waals surface area contributed by atoms with Crippen LogP contribution < -0.4 is 0 Å². The third-order valence-electron chi connectivity index (χ3n) is 4.85. The summed E-state index contributed by atoms with van der Waals surface area (Å²) in [6, 6.07) is 9.71. The predicted molar refractivity (Wildman–Crippen MR) is 90.1 cm³/mol. The Morgan fingerprint density at radius 3 is 2.29 bits per heavy atom. The van der Waals surface area contributed by atoms with Crippen molar-refractivity contribution >= 4 is 5.78 Å². The van der Waals surface area contributed by atoms with Crippen LogP contribution in [0.15, 0.2) is 30.3 Å². The number of ketones is 1. The molecule has 5 heteroatoms. The molecule has 1 atom stereocenters. The molecule has 3 rings (SSSR count). The van der Waals surface area contributed by atoms with Gasteiger partial charge in [0.05, 0.1) is 5.56 Å². The standard InChI is InChI=1S/C19H22N2O3/c1-19(2,13-8-4-3-5-9-13)18-20-16(23)15(17(24)21-18)12-7-6-10-14(22)11-12/h3-5,8-9,12H,6-7,10-11H2,1-2H3,(H2,20,21,23,24). The SMILES string of the molecule is CC(C)(c1ccccc1)c1nc(O)c(C2CCCC(=O)C2)c(O)n1. The minimum atomic E-state index is -0.558. The van der Waals surface area contributed by atoms with Gasteiger partial charge in [0.1, 0.15) is 11.6 Å². The molecule has 5 nitrogen and oxygen atoms in total. The van der Waals surface area contributed by atoms with Crippen molar-refractivity contribution in [2.24, 2.45) is 0 Å². The first-order valence-electron chi connectivity index (χ1n) is 8.27. The zero-order valence-electron chi connectivity index (χ0n) is 14.0. The monoisotopic (exact) mass is 326 g/mol. The second-order valence-electron chi connectivity index (χ2n) is 6.93. The highest BCUT2D eigenvalue weighted by molar-refractivity contribution is 5.80. The average Bonchev–Trinajstić information content (AvgIpc) is 2.55. The number of aromatic nitrogens is 2. The number of nitrogens with zero attached hydrogens (tertiary/aromatic N) is 2. The van der Waals surface area contributed by atoms with Crippen LogP contribution in [0.4, 0.5) is 0 Å². The average molecular weight is 326 g/mol. The van der Waals surface area contributed by atoms with E-state index in [4.69, 9.17) is 0 Å². The summed E-state index contributed by atoms with van der Waals surface area (Å²) in [6.45, 7) is 3.89. The van der Waals surface area contributed by atoms with E-state index in [1.165, 1.54) is 0 Å². The van der Waals surface area contributed by atoms with Crippen LogP contribution in [-0.4, -0.2) is 26.0 Å². The van der Waals surface area contributed by atoms with Crippen molar-refractivity contribution in [1.82, 2.24) is 9.97 Å². The van der Waals surface area contributed by atoms with E-state index >= 15 is 0 Å². The molecule has 1 saturated carbocycles. The topological polar surface area (TPSA) is 83.3 Å². The molecule has 0 bridgehead atoms. The summed E-state index contributed by atoms with van der Waals surface area (Å²) >= 11 is 0. The van der Waals surface area contributed by atoms with E-state index in [2.05, 4.69) is 9.97 Å². The molecule has 1 aliphatic carbocycles.